The van der Waals surface area contributed by atoms with E-state index in [9.17, 15) is 4.79 Å². The van der Waals surface area contributed by atoms with Crippen molar-refractivity contribution >= 4 is 12.0 Å². The number of hydrogen-bond donors (Lipinski definition) is 0. The Morgan fingerprint density at radius 2 is 1.68 bits per heavy atom. The first-order valence-electron chi connectivity index (χ1n) is 8.83. The van der Waals surface area contributed by atoms with E-state index >= 15 is 0 Å². The molecule has 5 nitrogen and oxygen atoms in total. The summed E-state index contributed by atoms with van der Waals surface area (Å²) in [6, 6.07) is 20.5. The highest BCUT2D eigenvalue weighted by molar-refractivity contribution is 5.87. The number of carbonyl (C=O) groups is 1. The maximum absolute atomic E-state index is 11.9. The van der Waals surface area contributed by atoms with Gasteiger partial charge in [-0.3, -0.25) is 4.98 Å². The van der Waals surface area contributed by atoms with Crippen LogP contribution in [-0.2, 0) is 22.7 Å². The van der Waals surface area contributed by atoms with Crippen LogP contribution in [0.15, 0.2) is 79.0 Å². The van der Waals surface area contributed by atoms with E-state index in [4.69, 9.17) is 14.2 Å². The predicted octanol–water partition coefficient (Wildman–Crippen LogP) is 4.43. The van der Waals surface area contributed by atoms with Crippen molar-refractivity contribution in [3.63, 3.8) is 0 Å². The van der Waals surface area contributed by atoms with E-state index < -0.39 is 5.97 Å². The van der Waals surface area contributed by atoms with Gasteiger partial charge < -0.3 is 14.2 Å². The average Bonchev–Trinajstić information content (AvgIpc) is 2.76. The van der Waals surface area contributed by atoms with Crippen molar-refractivity contribution < 1.29 is 19.0 Å². The molecular formula is C23H21NO4. The molecule has 0 fully saturated rings. The molecule has 0 amide bonds. The van der Waals surface area contributed by atoms with E-state index in [0.717, 1.165) is 28.3 Å². The van der Waals surface area contributed by atoms with E-state index in [1.165, 1.54) is 6.08 Å². The molecule has 1 aromatic heterocycles. The Bertz CT molecular complexity index is 904. The zero-order chi connectivity index (χ0) is 19.6. The number of benzene rings is 2. The molecule has 2 aromatic carbocycles. The Balaban J connectivity index is 1.45. The minimum absolute atomic E-state index is 0.216. The average molecular weight is 375 g/mol. The molecule has 0 aliphatic rings. The van der Waals surface area contributed by atoms with Gasteiger partial charge in [0, 0.05) is 12.3 Å². The second kappa shape index (κ2) is 9.92. The van der Waals surface area contributed by atoms with Crippen LogP contribution in [0.1, 0.15) is 16.8 Å². The quantitative estimate of drug-likeness (QED) is 0.431. The standard InChI is InChI=1S/C23H21NO4/c1-26-21-10-7-19(8-11-21)16-28-23(25)14-9-18-5-12-22(13-6-18)27-17-20-4-2-3-15-24-20/h2-15H,16-17H2,1H3. The lowest BCUT2D eigenvalue weighted by Gasteiger charge is -2.06. The van der Waals surface area contributed by atoms with Crippen LogP contribution in [0.5, 0.6) is 11.5 Å². The number of aromatic nitrogens is 1. The topological polar surface area (TPSA) is 57.7 Å². The van der Waals surface area contributed by atoms with Gasteiger partial charge in [-0.25, -0.2) is 4.79 Å². The fourth-order valence-corrected chi connectivity index (χ4v) is 2.40. The highest BCUT2D eigenvalue weighted by Crippen LogP contribution is 2.15. The third-order valence-electron chi connectivity index (χ3n) is 3.94. The first-order valence-corrected chi connectivity index (χ1v) is 8.83. The molecule has 0 aliphatic carbocycles. The van der Waals surface area contributed by atoms with E-state index in [2.05, 4.69) is 4.98 Å². The van der Waals surface area contributed by atoms with Gasteiger partial charge in [-0.1, -0.05) is 30.3 Å². The van der Waals surface area contributed by atoms with Crippen molar-refractivity contribution in [1.29, 1.82) is 0 Å². The van der Waals surface area contributed by atoms with Gasteiger partial charge in [0.1, 0.15) is 24.7 Å². The van der Waals surface area contributed by atoms with Gasteiger partial charge in [0.05, 0.1) is 12.8 Å². The summed E-state index contributed by atoms with van der Waals surface area (Å²) in [5, 5.41) is 0. The van der Waals surface area contributed by atoms with Gasteiger partial charge in [-0.15, -0.1) is 0 Å². The Kier molecular flexibility index (Phi) is 6.79. The smallest absolute Gasteiger partial charge is 0.331 e. The number of pyridine rings is 1. The monoisotopic (exact) mass is 375 g/mol. The van der Waals surface area contributed by atoms with Crippen LogP contribution in [0.25, 0.3) is 6.08 Å². The molecule has 0 unspecified atom stereocenters. The van der Waals surface area contributed by atoms with E-state index in [1.54, 1.807) is 19.4 Å². The number of methoxy groups -OCH3 is 1. The zero-order valence-corrected chi connectivity index (χ0v) is 15.6. The van der Waals surface area contributed by atoms with Crippen molar-refractivity contribution in [1.82, 2.24) is 4.98 Å². The van der Waals surface area contributed by atoms with Crippen molar-refractivity contribution in [2.45, 2.75) is 13.2 Å². The summed E-state index contributed by atoms with van der Waals surface area (Å²) in [5.41, 5.74) is 2.65. The molecule has 5 heteroatoms. The minimum atomic E-state index is -0.397. The Hall–Kier alpha value is -3.60. The Morgan fingerprint density at radius 3 is 2.36 bits per heavy atom. The number of rotatable bonds is 8. The summed E-state index contributed by atoms with van der Waals surface area (Å²) in [6.45, 7) is 0.626. The normalized spacial score (nSPS) is 10.6. The molecule has 0 bridgehead atoms. The molecule has 3 aromatic rings. The Labute approximate surface area is 164 Å². The minimum Gasteiger partial charge on any atom is -0.497 e. The summed E-state index contributed by atoms with van der Waals surface area (Å²) in [7, 11) is 1.61. The maximum Gasteiger partial charge on any atom is 0.331 e. The van der Waals surface area contributed by atoms with Gasteiger partial charge in [-0.2, -0.15) is 0 Å². The first kappa shape index (κ1) is 19.2. The van der Waals surface area contributed by atoms with Crippen molar-refractivity contribution in [3.05, 3.63) is 95.8 Å². The predicted molar refractivity (Wildman–Crippen MR) is 107 cm³/mol. The van der Waals surface area contributed by atoms with Crippen LogP contribution in [0.4, 0.5) is 0 Å². The number of hydrogen-bond acceptors (Lipinski definition) is 5. The molecule has 0 aliphatic heterocycles. The molecular weight excluding hydrogens is 354 g/mol. The van der Waals surface area contributed by atoms with Crippen LogP contribution in [0, 0.1) is 0 Å². The molecule has 0 radical (unpaired) electrons. The maximum atomic E-state index is 11.9. The van der Waals surface area contributed by atoms with Crippen molar-refractivity contribution in [2.24, 2.45) is 0 Å². The van der Waals surface area contributed by atoms with Crippen LogP contribution < -0.4 is 9.47 Å². The van der Waals surface area contributed by atoms with E-state index in [0.29, 0.717) is 6.61 Å². The second-order valence-electron chi connectivity index (χ2n) is 5.97. The highest BCUT2D eigenvalue weighted by atomic mass is 16.5. The largest absolute Gasteiger partial charge is 0.497 e. The lowest BCUT2D eigenvalue weighted by molar-refractivity contribution is -0.138. The van der Waals surface area contributed by atoms with Crippen LogP contribution in [0.2, 0.25) is 0 Å². The van der Waals surface area contributed by atoms with Gasteiger partial charge in [-0.05, 0) is 53.6 Å². The van der Waals surface area contributed by atoms with Gasteiger partial charge in [0.15, 0.2) is 0 Å². The zero-order valence-electron chi connectivity index (χ0n) is 15.6. The lowest BCUT2D eigenvalue weighted by atomic mass is 10.2. The lowest BCUT2D eigenvalue weighted by Crippen LogP contribution is -2.00. The van der Waals surface area contributed by atoms with Crippen LogP contribution >= 0.6 is 0 Å². The highest BCUT2D eigenvalue weighted by Gasteiger charge is 2.01. The number of carbonyl (C=O) groups excluding carboxylic acids is 1. The molecule has 142 valence electrons. The molecule has 1 heterocycles. The second-order valence-corrected chi connectivity index (χ2v) is 5.97. The third kappa shape index (κ3) is 5.99. The summed E-state index contributed by atoms with van der Waals surface area (Å²) in [4.78, 5) is 16.1. The summed E-state index contributed by atoms with van der Waals surface area (Å²) < 4.78 is 16.0. The SMILES string of the molecule is COc1ccc(COC(=O)C=Cc2ccc(OCc3ccccn3)cc2)cc1. The van der Waals surface area contributed by atoms with Gasteiger partial charge >= 0.3 is 5.97 Å². The molecule has 0 atom stereocenters. The van der Waals surface area contributed by atoms with Crippen LogP contribution in [0.3, 0.4) is 0 Å². The fraction of sp³-hybridized carbons (Fsp3) is 0.130. The summed E-state index contributed by atoms with van der Waals surface area (Å²) in [6.07, 6.45) is 4.85. The molecule has 0 saturated heterocycles. The van der Waals surface area contributed by atoms with E-state index in [1.807, 2.05) is 66.7 Å². The van der Waals surface area contributed by atoms with Crippen molar-refractivity contribution in [3.8, 4) is 11.5 Å². The number of nitrogens with zero attached hydrogens (tertiary/aromatic N) is 1. The van der Waals surface area contributed by atoms with Crippen LogP contribution in [-0.4, -0.2) is 18.1 Å². The fourth-order valence-electron chi connectivity index (χ4n) is 2.40. The molecule has 0 spiro atoms. The number of ether oxygens (including phenoxy) is 3. The van der Waals surface area contributed by atoms with E-state index in [-0.39, 0.29) is 6.61 Å². The molecule has 0 N–H and O–H groups in total. The molecule has 0 saturated carbocycles. The first-order chi connectivity index (χ1) is 13.7. The molecule has 28 heavy (non-hydrogen) atoms. The van der Waals surface area contributed by atoms with Gasteiger partial charge in [0.25, 0.3) is 0 Å². The third-order valence-corrected chi connectivity index (χ3v) is 3.94. The number of esters is 1. The Morgan fingerprint density at radius 1 is 0.929 bits per heavy atom. The van der Waals surface area contributed by atoms with Gasteiger partial charge in [0.2, 0.25) is 0 Å². The molecule has 3 rings (SSSR count). The summed E-state index contributed by atoms with van der Waals surface area (Å²) >= 11 is 0. The summed E-state index contributed by atoms with van der Waals surface area (Å²) in [5.74, 6) is 1.11. The van der Waals surface area contributed by atoms with Crippen molar-refractivity contribution in [2.75, 3.05) is 7.11 Å².